The zero-order valence-corrected chi connectivity index (χ0v) is 17.1. The molecule has 28 heavy (non-hydrogen) atoms. The smallest absolute Gasteiger partial charge is 0.325 e. The van der Waals surface area contributed by atoms with Crippen LogP contribution in [0.3, 0.4) is 0 Å². The van der Waals surface area contributed by atoms with Crippen LogP contribution in [0.1, 0.15) is 36.7 Å². The number of hydrogen-bond donors (Lipinski definition) is 1. The first-order valence-electron chi connectivity index (χ1n) is 9.42. The van der Waals surface area contributed by atoms with Crippen molar-refractivity contribution in [3.8, 4) is 0 Å². The summed E-state index contributed by atoms with van der Waals surface area (Å²) in [7, 11) is 0. The molecule has 1 N–H and O–H groups in total. The molecule has 0 aliphatic carbocycles. The maximum Gasteiger partial charge on any atom is 0.325 e. The molecule has 4 rings (SSSR count). The second-order valence-electron chi connectivity index (χ2n) is 6.83. The zero-order chi connectivity index (χ0) is 19.7. The summed E-state index contributed by atoms with van der Waals surface area (Å²) in [6.07, 6.45) is -0.0263. The summed E-state index contributed by atoms with van der Waals surface area (Å²) in [5, 5.41) is 7.18. The summed E-state index contributed by atoms with van der Waals surface area (Å²) in [6, 6.07) is 16.6. The molecule has 0 saturated carbocycles. The van der Waals surface area contributed by atoms with Gasteiger partial charge in [0.1, 0.15) is 12.2 Å². The average molecular weight is 444 g/mol. The number of carbonyl (C=O) groups is 2. The number of ether oxygens (including phenoxy) is 1. The van der Waals surface area contributed by atoms with Crippen LogP contribution in [-0.4, -0.2) is 41.1 Å². The lowest BCUT2D eigenvalue weighted by Crippen LogP contribution is -2.63. The van der Waals surface area contributed by atoms with E-state index < -0.39 is 12.2 Å². The zero-order valence-electron chi connectivity index (χ0n) is 15.5. The Labute approximate surface area is 172 Å². The molecule has 0 bridgehead atoms. The van der Waals surface area contributed by atoms with Crippen LogP contribution < -0.4 is 5.32 Å². The Bertz CT molecular complexity index is 876. The highest BCUT2D eigenvalue weighted by atomic mass is 79.9. The number of esters is 1. The molecule has 0 spiro atoms. The number of amides is 1. The van der Waals surface area contributed by atoms with Gasteiger partial charge in [0.25, 0.3) is 0 Å². The van der Waals surface area contributed by atoms with Crippen LogP contribution in [0.25, 0.3) is 0 Å². The second-order valence-corrected chi connectivity index (χ2v) is 7.68. The molecule has 7 heteroatoms. The van der Waals surface area contributed by atoms with Crippen molar-refractivity contribution in [2.45, 2.75) is 31.6 Å². The van der Waals surface area contributed by atoms with Crippen LogP contribution >= 0.6 is 15.9 Å². The SMILES string of the molecule is CCOC(=O)C1NC(c2ccccc2Br)N2C(=O)CCN2C1c1ccccc1. The van der Waals surface area contributed by atoms with Crippen molar-refractivity contribution in [1.82, 2.24) is 15.3 Å². The van der Waals surface area contributed by atoms with Gasteiger partial charge in [0, 0.05) is 23.0 Å². The van der Waals surface area contributed by atoms with E-state index in [4.69, 9.17) is 4.74 Å². The third kappa shape index (κ3) is 3.34. The summed E-state index contributed by atoms with van der Waals surface area (Å²) in [5.74, 6) is -0.274. The number of hydrazine groups is 1. The summed E-state index contributed by atoms with van der Waals surface area (Å²) in [5.41, 5.74) is 1.88. The standard InChI is InChI=1S/C21H22BrN3O3/c1-2-28-21(27)18-19(14-8-4-3-5-9-14)24-13-12-17(26)25(24)20(23-18)15-10-6-7-11-16(15)22/h3-11,18-20,23H,2,12-13H2,1H3. The molecule has 1 amide bonds. The molecule has 2 aliphatic rings. The van der Waals surface area contributed by atoms with E-state index in [1.165, 1.54) is 0 Å². The molecule has 2 heterocycles. The molecule has 3 atom stereocenters. The Morgan fingerprint density at radius 3 is 2.61 bits per heavy atom. The molecule has 2 saturated heterocycles. The van der Waals surface area contributed by atoms with Crippen LogP contribution in [0.2, 0.25) is 0 Å². The summed E-state index contributed by atoms with van der Waals surface area (Å²) < 4.78 is 6.26. The van der Waals surface area contributed by atoms with Crippen LogP contribution in [0.5, 0.6) is 0 Å². The van der Waals surface area contributed by atoms with Gasteiger partial charge in [-0.2, -0.15) is 0 Å². The van der Waals surface area contributed by atoms with E-state index in [1.807, 2.05) is 59.6 Å². The second kappa shape index (κ2) is 8.03. The minimum atomic E-state index is -0.596. The Morgan fingerprint density at radius 1 is 1.18 bits per heavy atom. The van der Waals surface area contributed by atoms with Crippen LogP contribution in [0, 0.1) is 0 Å². The molecule has 146 valence electrons. The highest BCUT2D eigenvalue weighted by Crippen LogP contribution is 2.41. The van der Waals surface area contributed by atoms with E-state index >= 15 is 0 Å². The van der Waals surface area contributed by atoms with E-state index in [0.717, 1.165) is 15.6 Å². The van der Waals surface area contributed by atoms with Gasteiger partial charge in [-0.3, -0.25) is 19.9 Å². The number of fused-ring (bicyclic) bond motifs is 1. The van der Waals surface area contributed by atoms with Crippen molar-refractivity contribution < 1.29 is 14.3 Å². The molecule has 2 aromatic carbocycles. The molecule has 6 nitrogen and oxygen atoms in total. The van der Waals surface area contributed by atoms with Crippen LogP contribution in [-0.2, 0) is 14.3 Å². The number of nitrogens with one attached hydrogen (secondary N) is 1. The fraction of sp³-hybridized carbons (Fsp3) is 0.333. The molecule has 0 aromatic heterocycles. The van der Waals surface area contributed by atoms with Gasteiger partial charge in [0.15, 0.2) is 0 Å². The largest absolute Gasteiger partial charge is 0.465 e. The normalized spacial score (nSPS) is 24.9. The number of rotatable bonds is 4. The van der Waals surface area contributed by atoms with Gasteiger partial charge in [0.2, 0.25) is 5.91 Å². The predicted molar refractivity (Wildman–Crippen MR) is 108 cm³/mol. The van der Waals surface area contributed by atoms with Gasteiger partial charge < -0.3 is 4.74 Å². The van der Waals surface area contributed by atoms with E-state index in [2.05, 4.69) is 21.2 Å². The van der Waals surface area contributed by atoms with Crippen LogP contribution in [0.4, 0.5) is 0 Å². The Hall–Kier alpha value is -2.22. The third-order valence-electron chi connectivity index (χ3n) is 5.19. The highest BCUT2D eigenvalue weighted by molar-refractivity contribution is 9.10. The van der Waals surface area contributed by atoms with Crippen molar-refractivity contribution in [2.24, 2.45) is 0 Å². The fourth-order valence-corrected chi connectivity index (χ4v) is 4.51. The molecule has 2 aromatic rings. The molecular formula is C21H22BrN3O3. The maximum absolute atomic E-state index is 12.9. The topological polar surface area (TPSA) is 61.9 Å². The quantitative estimate of drug-likeness (QED) is 0.735. The summed E-state index contributed by atoms with van der Waals surface area (Å²) in [4.78, 5) is 25.7. The first kappa shape index (κ1) is 19.1. The van der Waals surface area contributed by atoms with Crippen molar-refractivity contribution in [2.75, 3.05) is 13.2 Å². The fourth-order valence-electron chi connectivity index (χ4n) is 4.01. The molecular weight excluding hydrogens is 422 g/mol. The molecule has 3 unspecified atom stereocenters. The van der Waals surface area contributed by atoms with Crippen LogP contribution in [0.15, 0.2) is 59.1 Å². The number of benzene rings is 2. The van der Waals surface area contributed by atoms with E-state index in [9.17, 15) is 9.59 Å². The Kier molecular flexibility index (Phi) is 5.48. The van der Waals surface area contributed by atoms with Gasteiger partial charge in [-0.25, -0.2) is 5.01 Å². The predicted octanol–water partition coefficient (Wildman–Crippen LogP) is 3.17. The number of carbonyl (C=O) groups excluding carboxylic acids is 2. The van der Waals surface area contributed by atoms with Gasteiger partial charge in [-0.1, -0.05) is 64.5 Å². The van der Waals surface area contributed by atoms with Gasteiger partial charge >= 0.3 is 5.97 Å². The lowest BCUT2D eigenvalue weighted by molar-refractivity contribution is -0.174. The first-order valence-corrected chi connectivity index (χ1v) is 10.2. The Balaban J connectivity index is 1.80. The minimum Gasteiger partial charge on any atom is -0.465 e. The number of halogens is 1. The van der Waals surface area contributed by atoms with Crippen molar-refractivity contribution in [3.63, 3.8) is 0 Å². The average Bonchev–Trinajstić information content (AvgIpc) is 3.10. The maximum atomic E-state index is 12.9. The molecule has 0 radical (unpaired) electrons. The lowest BCUT2D eigenvalue weighted by atomic mass is 9.96. The van der Waals surface area contributed by atoms with Crippen molar-refractivity contribution in [3.05, 3.63) is 70.2 Å². The lowest BCUT2D eigenvalue weighted by Gasteiger charge is -2.48. The highest BCUT2D eigenvalue weighted by Gasteiger charge is 2.50. The van der Waals surface area contributed by atoms with E-state index in [0.29, 0.717) is 19.6 Å². The van der Waals surface area contributed by atoms with Crippen molar-refractivity contribution >= 4 is 27.8 Å². The number of nitrogens with zero attached hydrogens (tertiary/aromatic N) is 2. The summed E-state index contributed by atoms with van der Waals surface area (Å²) in [6.45, 7) is 2.67. The van der Waals surface area contributed by atoms with E-state index in [-0.39, 0.29) is 17.9 Å². The third-order valence-corrected chi connectivity index (χ3v) is 5.91. The Morgan fingerprint density at radius 2 is 1.89 bits per heavy atom. The minimum absolute atomic E-state index is 0.0384. The summed E-state index contributed by atoms with van der Waals surface area (Å²) >= 11 is 3.58. The molecule has 2 fully saturated rings. The van der Waals surface area contributed by atoms with Gasteiger partial charge in [0.05, 0.1) is 12.6 Å². The first-order chi connectivity index (χ1) is 13.6. The number of hydrogen-bond acceptors (Lipinski definition) is 5. The molecule has 2 aliphatic heterocycles. The van der Waals surface area contributed by atoms with E-state index in [1.54, 1.807) is 11.9 Å². The van der Waals surface area contributed by atoms with Gasteiger partial charge in [-0.15, -0.1) is 0 Å². The van der Waals surface area contributed by atoms with Gasteiger partial charge in [-0.05, 0) is 18.6 Å². The van der Waals surface area contributed by atoms with Crippen molar-refractivity contribution in [1.29, 1.82) is 0 Å². The monoisotopic (exact) mass is 443 g/mol.